The van der Waals surface area contributed by atoms with Gasteiger partial charge in [0.2, 0.25) is 11.9 Å². The molecular weight excluding hydrogens is 342 g/mol. The van der Waals surface area contributed by atoms with Gasteiger partial charge in [-0.15, -0.1) is 0 Å². The molecule has 1 aromatic carbocycles. The molecule has 0 radical (unpaired) electrons. The Kier molecular flexibility index (Phi) is 3.75. The van der Waals surface area contributed by atoms with E-state index in [1.807, 2.05) is 13.8 Å². The van der Waals surface area contributed by atoms with Crippen molar-refractivity contribution in [3.63, 3.8) is 0 Å². The molecule has 4 rings (SSSR count). The first-order valence-electron chi connectivity index (χ1n) is 8.24. The number of hydrogen-bond acceptors (Lipinski definition) is 6. The second kappa shape index (κ2) is 5.83. The van der Waals surface area contributed by atoms with Crippen LogP contribution in [0.1, 0.15) is 49.9 Å². The molecule has 132 valence electrons. The van der Waals surface area contributed by atoms with Crippen molar-refractivity contribution in [1.29, 1.82) is 0 Å². The number of nitrogens with zero attached hydrogens (tertiary/aromatic N) is 3. The molecule has 2 aromatic rings. The maximum absolute atomic E-state index is 12.3. The predicted molar refractivity (Wildman–Crippen MR) is 92.0 cm³/mol. The van der Waals surface area contributed by atoms with Crippen molar-refractivity contribution in [1.82, 2.24) is 14.9 Å². The number of nitrogens with one attached hydrogen (secondary N) is 2. The highest BCUT2D eigenvalue weighted by molar-refractivity contribution is 7.90. The standard InChI is InChI=1S/C16H19N5O3S/c1-9(2)17-16-18-12-7-10(3-6-13(12)25(22,23)21-16)8-14-19-15(20-24-14)11-4-5-11/h3,6-7,9,11H,4-5,8H2,1-2H3,(H2,17,18,21). The maximum atomic E-state index is 12.3. The summed E-state index contributed by atoms with van der Waals surface area (Å²) >= 11 is 0. The van der Waals surface area contributed by atoms with Crippen LogP contribution in [0.5, 0.6) is 0 Å². The van der Waals surface area contributed by atoms with E-state index in [2.05, 4.69) is 25.2 Å². The van der Waals surface area contributed by atoms with Gasteiger partial charge >= 0.3 is 0 Å². The fraction of sp³-hybridized carbons (Fsp3) is 0.438. The first-order valence-corrected chi connectivity index (χ1v) is 9.72. The summed E-state index contributed by atoms with van der Waals surface area (Å²) in [5.74, 6) is 1.97. The number of anilines is 1. The van der Waals surface area contributed by atoms with Crippen molar-refractivity contribution in [2.75, 3.05) is 5.32 Å². The Morgan fingerprint density at radius 2 is 2.16 bits per heavy atom. The summed E-state index contributed by atoms with van der Waals surface area (Å²) in [6, 6.07) is 5.08. The zero-order chi connectivity index (χ0) is 17.6. The van der Waals surface area contributed by atoms with Crippen LogP contribution in [0.3, 0.4) is 0 Å². The SMILES string of the molecule is CC(C)N=C1Nc2cc(Cc3nc(C4CC4)no3)ccc2S(=O)(=O)N1. The molecule has 1 aliphatic heterocycles. The molecule has 0 saturated heterocycles. The van der Waals surface area contributed by atoms with Crippen LogP contribution < -0.4 is 10.0 Å². The fourth-order valence-corrected chi connectivity index (χ4v) is 3.81. The number of rotatable bonds is 4. The van der Waals surface area contributed by atoms with E-state index in [4.69, 9.17) is 4.52 Å². The van der Waals surface area contributed by atoms with Gasteiger partial charge in [-0.05, 0) is 44.4 Å². The summed E-state index contributed by atoms with van der Waals surface area (Å²) in [6.07, 6.45) is 2.69. The van der Waals surface area contributed by atoms with Crippen molar-refractivity contribution in [3.05, 3.63) is 35.5 Å². The highest BCUT2D eigenvalue weighted by atomic mass is 32.2. The Labute approximate surface area is 145 Å². The molecule has 1 aromatic heterocycles. The van der Waals surface area contributed by atoms with E-state index >= 15 is 0 Å². The van der Waals surface area contributed by atoms with Crippen LogP contribution in [0.4, 0.5) is 5.69 Å². The van der Waals surface area contributed by atoms with Gasteiger partial charge in [0.25, 0.3) is 10.0 Å². The van der Waals surface area contributed by atoms with Gasteiger partial charge in [0, 0.05) is 12.0 Å². The molecule has 2 aliphatic rings. The topological polar surface area (TPSA) is 109 Å². The molecule has 1 saturated carbocycles. The van der Waals surface area contributed by atoms with Crippen LogP contribution >= 0.6 is 0 Å². The maximum Gasteiger partial charge on any atom is 0.266 e. The lowest BCUT2D eigenvalue weighted by molar-refractivity contribution is 0.379. The quantitative estimate of drug-likeness (QED) is 0.862. The molecule has 25 heavy (non-hydrogen) atoms. The lowest BCUT2D eigenvalue weighted by Gasteiger charge is -2.22. The van der Waals surface area contributed by atoms with E-state index in [1.54, 1.807) is 18.2 Å². The molecule has 2 heterocycles. The number of guanidine groups is 1. The first kappa shape index (κ1) is 16.1. The van der Waals surface area contributed by atoms with Crippen LogP contribution in [0.15, 0.2) is 32.6 Å². The van der Waals surface area contributed by atoms with Gasteiger partial charge in [0.1, 0.15) is 4.90 Å². The second-order valence-electron chi connectivity index (χ2n) is 6.63. The predicted octanol–water partition coefficient (Wildman–Crippen LogP) is 2.01. The summed E-state index contributed by atoms with van der Waals surface area (Å²) in [5.41, 5.74) is 1.39. The number of aliphatic imine (C=N–C) groups is 1. The minimum Gasteiger partial charge on any atom is -0.339 e. The summed E-state index contributed by atoms with van der Waals surface area (Å²) in [5, 5.41) is 7.04. The Morgan fingerprint density at radius 1 is 1.36 bits per heavy atom. The van der Waals surface area contributed by atoms with Crippen LogP contribution in [-0.4, -0.2) is 30.6 Å². The highest BCUT2D eigenvalue weighted by Gasteiger charge is 2.29. The van der Waals surface area contributed by atoms with E-state index in [-0.39, 0.29) is 16.9 Å². The van der Waals surface area contributed by atoms with Gasteiger partial charge < -0.3 is 9.84 Å². The second-order valence-corrected chi connectivity index (χ2v) is 8.28. The van der Waals surface area contributed by atoms with E-state index in [9.17, 15) is 8.42 Å². The number of fused-ring (bicyclic) bond motifs is 1. The van der Waals surface area contributed by atoms with Crippen molar-refractivity contribution in [2.24, 2.45) is 4.99 Å². The van der Waals surface area contributed by atoms with Crippen molar-refractivity contribution < 1.29 is 12.9 Å². The van der Waals surface area contributed by atoms with Crippen molar-refractivity contribution in [2.45, 2.75) is 50.0 Å². The number of hydrogen-bond donors (Lipinski definition) is 2. The third-order valence-electron chi connectivity index (χ3n) is 3.99. The zero-order valence-electron chi connectivity index (χ0n) is 14.0. The van der Waals surface area contributed by atoms with Crippen LogP contribution in [0.25, 0.3) is 0 Å². The van der Waals surface area contributed by atoms with E-state index in [0.717, 1.165) is 24.2 Å². The molecule has 9 heteroatoms. The van der Waals surface area contributed by atoms with Gasteiger partial charge in [-0.25, -0.2) is 18.1 Å². The van der Waals surface area contributed by atoms with Crippen LogP contribution in [0.2, 0.25) is 0 Å². The molecule has 0 spiro atoms. The van der Waals surface area contributed by atoms with Crippen LogP contribution in [-0.2, 0) is 16.4 Å². The molecule has 1 aliphatic carbocycles. The summed E-state index contributed by atoms with van der Waals surface area (Å²) in [4.78, 5) is 8.86. The number of benzene rings is 1. The van der Waals surface area contributed by atoms with E-state index in [1.165, 1.54) is 0 Å². The molecule has 0 atom stereocenters. The molecule has 0 bridgehead atoms. The molecular formula is C16H19N5O3S. The Morgan fingerprint density at radius 3 is 2.88 bits per heavy atom. The molecule has 1 fully saturated rings. The zero-order valence-corrected chi connectivity index (χ0v) is 14.8. The monoisotopic (exact) mass is 361 g/mol. The largest absolute Gasteiger partial charge is 0.339 e. The lowest BCUT2D eigenvalue weighted by atomic mass is 10.1. The Hall–Kier alpha value is -2.42. The average molecular weight is 361 g/mol. The van der Waals surface area contributed by atoms with Crippen molar-refractivity contribution in [3.8, 4) is 0 Å². The molecule has 0 unspecified atom stereocenters. The van der Waals surface area contributed by atoms with Gasteiger partial charge in [-0.2, -0.15) is 4.98 Å². The van der Waals surface area contributed by atoms with Gasteiger partial charge in [0.15, 0.2) is 5.82 Å². The lowest BCUT2D eigenvalue weighted by Crippen LogP contribution is -2.41. The minimum absolute atomic E-state index is 0.0332. The Bertz CT molecular complexity index is 944. The Balaban J connectivity index is 1.62. The minimum atomic E-state index is -3.62. The van der Waals surface area contributed by atoms with E-state index in [0.29, 0.717) is 23.9 Å². The number of sulfonamides is 1. The van der Waals surface area contributed by atoms with Crippen LogP contribution in [0, 0.1) is 0 Å². The summed E-state index contributed by atoms with van der Waals surface area (Å²) < 4.78 is 32.4. The summed E-state index contributed by atoms with van der Waals surface area (Å²) in [7, 11) is -3.62. The average Bonchev–Trinajstić information content (AvgIpc) is 3.26. The summed E-state index contributed by atoms with van der Waals surface area (Å²) in [6.45, 7) is 3.75. The normalized spacial score (nSPS) is 20.2. The third kappa shape index (κ3) is 3.37. The molecule has 8 nitrogen and oxygen atoms in total. The van der Waals surface area contributed by atoms with Gasteiger partial charge in [-0.1, -0.05) is 11.2 Å². The van der Waals surface area contributed by atoms with Gasteiger partial charge in [0.05, 0.1) is 12.1 Å². The number of aromatic nitrogens is 2. The highest BCUT2D eigenvalue weighted by Crippen LogP contribution is 2.38. The fourth-order valence-electron chi connectivity index (χ4n) is 2.69. The van der Waals surface area contributed by atoms with Gasteiger partial charge in [-0.3, -0.25) is 0 Å². The third-order valence-corrected chi connectivity index (χ3v) is 5.38. The smallest absolute Gasteiger partial charge is 0.266 e. The molecule has 0 amide bonds. The first-order chi connectivity index (χ1) is 11.9. The van der Waals surface area contributed by atoms with Crippen molar-refractivity contribution >= 4 is 21.7 Å². The van der Waals surface area contributed by atoms with E-state index < -0.39 is 10.0 Å². The molecule has 2 N–H and O–H groups in total.